The van der Waals surface area contributed by atoms with Crippen molar-refractivity contribution >= 4 is 5.97 Å². The van der Waals surface area contributed by atoms with Gasteiger partial charge in [-0.3, -0.25) is 9.36 Å². The first-order chi connectivity index (χ1) is 10.0. The Hall–Kier alpha value is -2.38. The van der Waals surface area contributed by atoms with Gasteiger partial charge in [0.05, 0.1) is 6.04 Å². The summed E-state index contributed by atoms with van der Waals surface area (Å²) in [5.41, 5.74) is 8.95. The number of hydrogen-bond acceptors (Lipinski definition) is 6. The summed E-state index contributed by atoms with van der Waals surface area (Å²) in [5, 5.41) is 3.64. The Bertz CT molecular complexity index is 637. The number of carbonyl (C=O) groups excluding carboxylic acids is 1. The van der Waals surface area contributed by atoms with E-state index in [1.807, 2.05) is 0 Å². The minimum Gasteiger partial charge on any atom is -0.463 e. The number of azide groups is 1. The highest BCUT2D eigenvalue weighted by atomic mass is 16.6. The van der Waals surface area contributed by atoms with Crippen LogP contribution >= 0.6 is 0 Å². The monoisotopic (exact) mass is 293 g/mol. The van der Waals surface area contributed by atoms with Gasteiger partial charge in [-0.1, -0.05) is 5.11 Å². The molecule has 21 heavy (non-hydrogen) atoms. The molecule has 1 saturated heterocycles. The summed E-state index contributed by atoms with van der Waals surface area (Å²) in [7, 11) is 0. The lowest BCUT2D eigenvalue weighted by molar-refractivity contribution is -0.146. The molecule has 0 amide bonds. The average molecular weight is 293 g/mol. The Morgan fingerprint density at radius 2 is 2.48 bits per heavy atom. The highest BCUT2D eigenvalue weighted by Gasteiger charge is 2.36. The van der Waals surface area contributed by atoms with Crippen molar-refractivity contribution in [3.8, 4) is 0 Å². The van der Waals surface area contributed by atoms with Gasteiger partial charge in [0.1, 0.15) is 18.9 Å². The molecule has 1 aromatic rings. The Balaban J connectivity index is 2.20. The van der Waals surface area contributed by atoms with Crippen LogP contribution in [-0.4, -0.2) is 34.3 Å². The molecule has 1 aliphatic heterocycles. The van der Waals surface area contributed by atoms with E-state index >= 15 is 0 Å². The molecule has 0 radical (unpaired) electrons. The maximum Gasteiger partial charge on any atom is 0.349 e. The molecule has 1 aliphatic rings. The summed E-state index contributed by atoms with van der Waals surface area (Å²) in [5.74, 6) is -0.448. The van der Waals surface area contributed by atoms with Crippen LogP contribution in [-0.2, 0) is 14.3 Å². The van der Waals surface area contributed by atoms with Crippen LogP contribution in [0.4, 0.5) is 0 Å². The molecule has 1 fully saturated rings. The topological polar surface area (TPSA) is 119 Å². The van der Waals surface area contributed by atoms with Crippen LogP contribution in [0.5, 0.6) is 0 Å². The van der Waals surface area contributed by atoms with Crippen molar-refractivity contribution in [2.45, 2.75) is 38.6 Å². The molecule has 0 spiro atoms. The molecule has 0 unspecified atom stereocenters. The van der Waals surface area contributed by atoms with E-state index in [0.717, 1.165) is 5.56 Å². The normalized spacial score (nSPS) is 24.4. The lowest BCUT2D eigenvalue weighted by Gasteiger charge is -2.16. The maximum atomic E-state index is 11.8. The minimum atomic E-state index is -0.596. The molecule has 0 bridgehead atoms. The number of aromatic nitrogens is 2. The second kappa shape index (κ2) is 6.38. The van der Waals surface area contributed by atoms with Crippen molar-refractivity contribution in [1.82, 2.24) is 9.55 Å². The van der Waals surface area contributed by atoms with E-state index < -0.39 is 30.0 Å². The van der Waals surface area contributed by atoms with Crippen molar-refractivity contribution in [1.29, 1.82) is 0 Å². The first-order valence-corrected chi connectivity index (χ1v) is 6.39. The Labute approximate surface area is 120 Å². The van der Waals surface area contributed by atoms with E-state index in [9.17, 15) is 9.59 Å². The SMILES string of the molecule is CC(=O)OC[C@H]1O[C@@H](n2cc(C)cnc2=O)C[C@@H]1N=[N+]=[N-]. The fourth-order valence-electron chi connectivity index (χ4n) is 2.16. The quantitative estimate of drug-likeness (QED) is 0.356. The van der Waals surface area contributed by atoms with E-state index in [0.29, 0.717) is 6.42 Å². The molecule has 9 nitrogen and oxygen atoms in total. The van der Waals surface area contributed by atoms with Crippen LogP contribution in [0.2, 0.25) is 0 Å². The van der Waals surface area contributed by atoms with Crippen molar-refractivity contribution in [2.75, 3.05) is 6.61 Å². The molecule has 1 aromatic heterocycles. The van der Waals surface area contributed by atoms with Crippen molar-refractivity contribution in [3.63, 3.8) is 0 Å². The first-order valence-electron chi connectivity index (χ1n) is 6.39. The van der Waals surface area contributed by atoms with E-state index in [1.165, 1.54) is 17.7 Å². The molecule has 0 aliphatic carbocycles. The van der Waals surface area contributed by atoms with Gasteiger partial charge < -0.3 is 9.47 Å². The number of esters is 1. The number of hydrogen-bond donors (Lipinski definition) is 0. The van der Waals surface area contributed by atoms with Gasteiger partial charge in [-0.25, -0.2) is 9.78 Å². The smallest absolute Gasteiger partial charge is 0.349 e. The molecule has 0 aromatic carbocycles. The molecule has 112 valence electrons. The van der Waals surface area contributed by atoms with Gasteiger partial charge in [-0.2, -0.15) is 0 Å². The Morgan fingerprint density at radius 1 is 1.71 bits per heavy atom. The van der Waals surface area contributed by atoms with Gasteiger partial charge in [0, 0.05) is 30.6 Å². The number of nitrogens with zero attached hydrogens (tertiary/aromatic N) is 5. The summed E-state index contributed by atoms with van der Waals surface area (Å²) in [6.45, 7) is 3.06. The summed E-state index contributed by atoms with van der Waals surface area (Å²) < 4.78 is 11.9. The van der Waals surface area contributed by atoms with Crippen LogP contribution in [0.1, 0.15) is 25.1 Å². The number of carbonyl (C=O) groups is 1. The largest absolute Gasteiger partial charge is 0.463 e. The molecule has 9 heteroatoms. The summed E-state index contributed by atoms with van der Waals surface area (Å²) in [4.78, 5) is 29.1. The fourth-order valence-corrected chi connectivity index (χ4v) is 2.16. The van der Waals surface area contributed by atoms with Gasteiger partial charge in [0.2, 0.25) is 0 Å². The zero-order chi connectivity index (χ0) is 15.4. The molecule has 3 atom stereocenters. The van der Waals surface area contributed by atoms with Gasteiger partial charge in [0.15, 0.2) is 0 Å². The Morgan fingerprint density at radius 3 is 3.14 bits per heavy atom. The number of aryl methyl sites for hydroxylation is 1. The van der Waals surface area contributed by atoms with Crippen LogP contribution in [0.25, 0.3) is 10.4 Å². The van der Waals surface area contributed by atoms with Gasteiger partial charge in [-0.05, 0) is 18.0 Å². The van der Waals surface area contributed by atoms with Crippen molar-refractivity contribution in [3.05, 3.63) is 38.9 Å². The molecule has 0 N–H and O–H groups in total. The predicted molar refractivity (Wildman–Crippen MR) is 71.3 cm³/mol. The lowest BCUT2D eigenvalue weighted by Crippen LogP contribution is -2.28. The van der Waals surface area contributed by atoms with Crippen LogP contribution < -0.4 is 5.69 Å². The van der Waals surface area contributed by atoms with Crippen LogP contribution in [0.3, 0.4) is 0 Å². The first kappa shape index (κ1) is 15.0. The third-order valence-electron chi connectivity index (χ3n) is 3.11. The maximum absolute atomic E-state index is 11.8. The van der Waals surface area contributed by atoms with Gasteiger partial charge in [-0.15, -0.1) is 0 Å². The Kier molecular flexibility index (Phi) is 4.56. The zero-order valence-electron chi connectivity index (χ0n) is 11.7. The van der Waals surface area contributed by atoms with E-state index in [1.54, 1.807) is 13.1 Å². The van der Waals surface area contributed by atoms with Gasteiger partial charge in [0.25, 0.3) is 0 Å². The zero-order valence-corrected chi connectivity index (χ0v) is 11.7. The molecular weight excluding hydrogens is 278 g/mol. The molecule has 2 rings (SSSR count). The average Bonchev–Trinajstić information content (AvgIpc) is 2.83. The van der Waals surface area contributed by atoms with E-state index in [-0.39, 0.29) is 6.61 Å². The summed E-state index contributed by atoms with van der Waals surface area (Å²) in [6.07, 6.45) is 2.24. The van der Waals surface area contributed by atoms with Crippen LogP contribution in [0.15, 0.2) is 22.3 Å². The van der Waals surface area contributed by atoms with Crippen molar-refractivity contribution < 1.29 is 14.3 Å². The summed E-state index contributed by atoms with van der Waals surface area (Å²) in [6, 6.07) is -0.508. The second-order valence-corrected chi connectivity index (χ2v) is 4.76. The number of ether oxygens (including phenoxy) is 2. The third-order valence-corrected chi connectivity index (χ3v) is 3.11. The van der Waals surface area contributed by atoms with E-state index in [4.69, 9.17) is 15.0 Å². The minimum absolute atomic E-state index is 0.0243. The van der Waals surface area contributed by atoms with Gasteiger partial charge >= 0.3 is 11.7 Å². The third kappa shape index (κ3) is 3.59. The molecule has 2 heterocycles. The lowest BCUT2D eigenvalue weighted by atomic mass is 10.1. The molecule has 0 saturated carbocycles. The highest BCUT2D eigenvalue weighted by Crippen LogP contribution is 2.30. The highest BCUT2D eigenvalue weighted by molar-refractivity contribution is 5.65. The summed E-state index contributed by atoms with van der Waals surface area (Å²) >= 11 is 0. The second-order valence-electron chi connectivity index (χ2n) is 4.76. The fraction of sp³-hybridized carbons (Fsp3) is 0.583. The standard InChI is InChI=1S/C12H15N5O4/c1-7-4-14-12(19)17(5-7)11-3-9(15-16-13)10(21-11)6-20-8(2)18/h4-5,9-11H,3,6H2,1-2H3/t9-,10+,11+/m0/s1. The molecular formula is C12H15N5O4. The number of rotatable bonds is 4. The van der Waals surface area contributed by atoms with E-state index in [2.05, 4.69) is 15.0 Å². The van der Waals surface area contributed by atoms with Crippen molar-refractivity contribution in [2.24, 2.45) is 5.11 Å². The van der Waals surface area contributed by atoms with Crippen LogP contribution in [0, 0.1) is 6.92 Å². The predicted octanol–water partition coefficient (Wildman–Crippen LogP) is 1.08.